The van der Waals surface area contributed by atoms with Gasteiger partial charge in [0.25, 0.3) is 17.4 Å². The minimum Gasteiger partial charge on any atom is -0.380 e. The summed E-state index contributed by atoms with van der Waals surface area (Å²) in [6, 6.07) is 5.42. The molecule has 2 N–H and O–H groups in total. The van der Waals surface area contributed by atoms with Gasteiger partial charge < -0.3 is 15.3 Å². The maximum atomic E-state index is 13.4. The molecule has 164 valence electrons. The number of hydrogen-bond acceptors (Lipinski definition) is 4. The first-order chi connectivity index (χ1) is 14.8. The highest BCUT2D eigenvalue weighted by molar-refractivity contribution is 5.95. The van der Waals surface area contributed by atoms with Crippen LogP contribution in [-0.4, -0.2) is 45.6 Å². The van der Waals surface area contributed by atoms with E-state index in [4.69, 9.17) is 0 Å². The van der Waals surface area contributed by atoms with Crippen molar-refractivity contribution < 1.29 is 19.1 Å². The lowest BCUT2D eigenvalue weighted by Gasteiger charge is -2.38. The molecule has 0 radical (unpaired) electrons. The third kappa shape index (κ3) is 3.87. The van der Waals surface area contributed by atoms with E-state index in [9.17, 15) is 23.9 Å². The molecule has 7 nitrogen and oxygen atoms in total. The van der Waals surface area contributed by atoms with Crippen LogP contribution in [0.15, 0.2) is 35.3 Å². The number of amides is 2. The summed E-state index contributed by atoms with van der Waals surface area (Å²) in [6.07, 6.45) is 5.51. The van der Waals surface area contributed by atoms with Crippen LogP contribution in [-0.2, 0) is 17.8 Å². The maximum absolute atomic E-state index is 13.4. The number of nitrogens with zero attached hydrogens (tertiary/aromatic N) is 2. The van der Waals surface area contributed by atoms with Crippen molar-refractivity contribution in [3.05, 3.63) is 63.3 Å². The molecule has 4 rings (SSSR count). The largest absolute Gasteiger partial charge is 0.380 e. The molecule has 1 aliphatic heterocycles. The highest BCUT2D eigenvalue weighted by Crippen LogP contribution is 2.32. The van der Waals surface area contributed by atoms with E-state index in [0.29, 0.717) is 42.6 Å². The summed E-state index contributed by atoms with van der Waals surface area (Å²) in [7, 11) is 1.46. The summed E-state index contributed by atoms with van der Waals surface area (Å²) < 4.78 is 14.7. The molecule has 1 aromatic carbocycles. The molecule has 2 aliphatic rings. The minimum absolute atomic E-state index is 0.0350. The summed E-state index contributed by atoms with van der Waals surface area (Å²) in [4.78, 5) is 40.4. The highest BCUT2D eigenvalue weighted by Gasteiger charge is 2.41. The van der Waals surface area contributed by atoms with E-state index in [1.54, 1.807) is 11.1 Å². The normalized spacial score (nSPS) is 17.7. The molecule has 0 bridgehead atoms. The van der Waals surface area contributed by atoms with Crippen LogP contribution < -0.4 is 10.9 Å². The minimum atomic E-state index is -1.34. The molecule has 1 aromatic heterocycles. The molecule has 0 atom stereocenters. The van der Waals surface area contributed by atoms with Crippen LogP contribution in [0.1, 0.15) is 53.6 Å². The average Bonchev–Trinajstić information content (AvgIpc) is 2.78. The van der Waals surface area contributed by atoms with Crippen molar-refractivity contribution in [2.45, 2.75) is 50.7 Å². The van der Waals surface area contributed by atoms with E-state index in [2.05, 4.69) is 5.32 Å². The third-order valence-electron chi connectivity index (χ3n) is 6.32. The molecule has 0 unspecified atom stereocenters. The molecule has 8 heteroatoms. The van der Waals surface area contributed by atoms with Gasteiger partial charge >= 0.3 is 0 Å². The zero-order valence-electron chi connectivity index (χ0n) is 17.5. The fraction of sp³-hybridized carbons (Fsp3) is 0.435. The number of hydrogen-bond donors (Lipinski definition) is 2. The zero-order chi connectivity index (χ0) is 22.2. The van der Waals surface area contributed by atoms with Crippen LogP contribution >= 0.6 is 0 Å². The van der Waals surface area contributed by atoms with Gasteiger partial charge in [-0.05, 0) is 54.7 Å². The molecule has 2 heterocycles. The van der Waals surface area contributed by atoms with Gasteiger partial charge in [-0.15, -0.1) is 0 Å². The fourth-order valence-corrected chi connectivity index (χ4v) is 4.63. The Kier molecular flexibility index (Phi) is 5.66. The second-order valence-electron chi connectivity index (χ2n) is 8.31. The first kappa shape index (κ1) is 21.2. The average molecular weight is 427 g/mol. The first-order valence-electron chi connectivity index (χ1n) is 10.6. The summed E-state index contributed by atoms with van der Waals surface area (Å²) in [6.45, 7) is 0.528. The van der Waals surface area contributed by atoms with Crippen molar-refractivity contribution in [1.82, 2.24) is 14.8 Å². The van der Waals surface area contributed by atoms with E-state index >= 15 is 0 Å². The summed E-state index contributed by atoms with van der Waals surface area (Å²) in [5.74, 6) is -1.22. The lowest BCUT2D eigenvalue weighted by Crippen LogP contribution is -2.52. The zero-order valence-corrected chi connectivity index (χ0v) is 17.5. The van der Waals surface area contributed by atoms with Crippen molar-refractivity contribution in [2.24, 2.45) is 0 Å². The van der Waals surface area contributed by atoms with Crippen molar-refractivity contribution in [3.63, 3.8) is 0 Å². The molecular formula is C23H26FN3O4. The van der Waals surface area contributed by atoms with Gasteiger partial charge in [0.2, 0.25) is 0 Å². The second-order valence-corrected chi connectivity index (χ2v) is 8.31. The number of nitrogens with one attached hydrogen (secondary N) is 1. The number of pyridine rings is 1. The van der Waals surface area contributed by atoms with E-state index < -0.39 is 22.9 Å². The number of carbonyl (C=O) groups is 2. The second kappa shape index (κ2) is 8.26. The van der Waals surface area contributed by atoms with E-state index in [0.717, 1.165) is 19.3 Å². The molecule has 0 saturated heterocycles. The smallest absolute Gasteiger partial charge is 0.268 e. The Morgan fingerprint density at radius 2 is 1.81 bits per heavy atom. The quantitative estimate of drug-likeness (QED) is 0.783. The van der Waals surface area contributed by atoms with Gasteiger partial charge in [0, 0.05) is 32.0 Å². The van der Waals surface area contributed by atoms with Crippen LogP contribution in [0.3, 0.4) is 0 Å². The SMILES string of the molecule is CNC(=O)c1c2c(cn(-c3ccc(F)cc3)c1=O)CN(C(=O)C1(O)CCCCC1)CC2. The van der Waals surface area contributed by atoms with E-state index in [-0.39, 0.29) is 18.0 Å². The fourth-order valence-electron chi connectivity index (χ4n) is 4.63. The van der Waals surface area contributed by atoms with Crippen molar-refractivity contribution in [2.75, 3.05) is 13.6 Å². The summed E-state index contributed by atoms with van der Waals surface area (Å²) in [5.41, 5.74) is -0.0917. The molecule has 1 saturated carbocycles. The Hall–Kier alpha value is -3.00. The van der Waals surface area contributed by atoms with Crippen LogP contribution in [0.2, 0.25) is 0 Å². The highest BCUT2D eigenvalue weighted by atomic mass is 19.1. The number of rotatable bonds is 3. The van der Waals surface area contributed by atoms with Crippen LogP contribution in [0.5, 0.6) is 0 Å². The lowest BCUT2D eigenvalue weighted by molar-refractivity contribution is -0.155. The number of aliphatic hydroxyl groups is 1. The van der Waals surface area contributed by atoms with Gasteiger partial charge in [0.1, 0.15) is 17.0 Å². The first-order valence-corrected chi connectivity index (χ1v) is 10.6. The van der Waals surface area contributed by atoms with Gasteiger partial charge in [-0.25, -0.2) is 4.39 Å². The Bertz CT molecular complexity index is 1070. The van der Waals surface area contributed by atoms with Crippen molar-refractivity contribution in [3.8, 4) is 5.69 Å². The van der Waals surface area contributed by atoms with Gasteiger partial charge in [0.15, 0.2) is 0 Å². The number of fused-ring (bicyclic) bond motifs is 1. The molecule has 1 aliphatic carbocycles. The summed E-state index contributed by atoms with van der Waals surface area (Å²) >= 11 is 0. The molecule has 2 aromatic rings. The predicted molar refractivity (Wildman–Crippen MR) is 113 cm³/mol. The third-order valence-corrected chi connectivity index (χ3v) is 6.32. The van der Waals surface area contributed by atoms with Crippen molar-refractivity contribution >= 4 is 11.8 Å². The van der Waals surface area contributed by atoms with Crippen LogP contribution in [0, 0.1) is 5.82 Å². The van der Waals surface area contributed by atoms with Crippen LogP contribution in [0.25, 0.3) is 5.69 Å². The number of halogens is 1. The number of aromatic nitrogens is 1. The molecule has 0 spiro atoms. The Labute approximate surface area is 179 Å². The number of benzene rings is 1. The Morgan fingerprint density at radius 1 is 1.13 bits per heavy atom. The van der Waals surface area contributed by atoms with Gasteiger partial charge in [-0.2, -0.15) is 0 Å². The number of carbonyl (C=O) groups excluding carboxylic acids is 2. The molecular weight excluding hydrogens is 401 g/mol. The predicted octanol–water partition coefficient (Wildman–Crippen LogP) is 1.92. The topological polar surface area (TPSA) is 91.6 Å². The molecule has 31 heavy (non-hydrogen) atoms. The van der Waals surface area contributed by atoms with E-state index in [1.165, 1.54) is 35.9 Å². The van der Waals surface area contributed by atoms with Crippen molar-refractivity contribution in [1.29, 1.82) is 0 Å². The molecule has 2 amide bonds. The maximum Gasteiger partial charge on any atom is 0.268 e. The Balaban J connectivity index is 1.76. The van der Waals surface area contributed by atoms with Gasteiger partial charge in [-0.3, -0.25) is 19.0 Å². The van der Waals surface area contributed by atoms with Crippen LogP contribution in [0.4, 0.5) is 4.39 Å². The Morgan fingerprint density at radius 3 is 2.45 bits per heavy atom. The monoisotopic (exact) mass is 427 g/mol. The van der Waals surface area contributed by atoms with Gasteiger partial charge in [-0.1, -0.05) is 19.3 Å². The standard InChI is InChI=1S/C23H26FN3O4/c1-25-20(28)19-18-9-12-26(22(30)23(31)10-3-2-4-11-23)13-15(18)14-27(21(19)29)17-7-5-16(24)6-8-17/h5-8,14,31H,2-4,9-13H2,1H3,(H,25,28). The van der Waals surface area contributed by atoms with Gasteiger partial charge in [0.05, 0.1) is 0 Å². The molecule has 1 fully saturated rings. The summed E-state index contributed by atoms with van der Waals surface area (Å²) in [5, 5.41) is 13.4. The lowest BCUT2D eigenvalue weighted by atomic mass is 9.83. The van der Waals surface area contributed by atoms with E-state index in [1.807, 2.05) is 0 Å².